The Morgan fingerprint density at radius 3 is 2.65 bits per heavy atom. The van der Waals surface area contributed by atoms with Gasteiger partial charge in [-0.3, -0.25) is 9.69 Å². The molecule has 2 saturated heterocycles. The van der Waals surface area contributed by atoms with Crippen LogP contribution >= 0.6 is 0 Å². The second-order valence-electron chi connectivity index (χ2n) is 7.70. The van der Waals surface area contributed by atoms with Crippen LogP contribution in [-0.2, 0) is 16.1 Å². The van der Waals surface area contributed by atoms with E-state index in [-0.39, 0.29) is 11.3 Å². The molecule has 0 bridgehead atoms. The first-order chi connectivity index (χ1) is 10.9. The molecule has 0 aromatic heterocycles. The number of ether oxygens (including phenoxy) is 1. The molecule has 0 saturated carbocycles. The third-order valence-electron chi connectivity index (χ3n) is 5.28. The van der Waals surface area contributed by atoms with Crippen molar-refractivity contribution in [2.24, 2.45) is 11.3 Å². The highest BCUT2D eigenvalue weighted by Crippen LogP contribution is 2.44. The third-order valence-corrected chi connectivity index (χ3v) is 5.28. The fraction of sp³-hybridized carbons (Fsp3) is 0.632. The number of aryl methyl sites for hydroxylation is 2. The molecule has 2 aliphatic heterocycles. The van der Waals surface area contributed by atoms with E-state index in [1.165, 1.54) is 16.7 Å². The Balaban J connectivity index is 1.71. The van der Waals surface area contributed by atoms with Crippen LogP contribution in [0.25, 0.3) is 0 Å². The maximum atomic E-state index is 12.2. The van der Waals surface area contributed by atoms with Gasteiger partial charge in [-0.05, 0) is 19.4 Å². The van der Waals surface area contributed by atoms with Crippen molar-refractivity contribution in [3.05, 3.63) is 34.9 Å². The Morgan fingerprint density at radius 1 is 1.30 bits per heavy atom. The Kier molecular flexibility index (Phi) is 4.47. The van der Waals surface area contributed by atoms with E-state index < -0.39 is 0 Å². The molecule has 2 fully saturated rings. The van der Waals surface area contributed by atoms with E-state index in [4.69, 9.17) is 4.74 Å². The number of benzene rings is 1. The number of hydrogen-bond donors (Lipinski definition) is 0. The zero-order valence-electron chi connectivity index (χ0n) is 14.8. The monoisotopic (exact) mass is 316 g/mol. The number of rotatable bonds is 4. The fourth-order valence-electron chi connectivity index (χ4n) is 4.19. The largest absolute Gasteiger partial charge is 0.380 e. The molecule has 0 radical (unpaired) electrons. The van der Waals surface area contributed by atoms with Crippen LogP contribution in [-0.4, -0.2) is 56.1 Å². The average Bonchev–Trinajstić information content (AvgIpc) is 2.93. The van der Waals surface area contributed by atoms with Crippen LogP contribution in [0.3, 0.4) is 0 Å². The number of fused-ring (bicyclic) bond motifs is 1. The van der Waals surface area contributed by atoms with Gasteiger partial charge in [0.25, 0.3) is 0 Å². The van der Waals surface area contributed by atoms with E-state index in [1.807, 2.05) is 14.1 Å². The molecular formula is C19H28N2O2. The van der Waals surface area contributed by atoms with Gasteiger partial charge in [0.05, 0.1) is 13.2 Å². The summed E-state index contributed by atoms with van der Waals surface area (Å²) in [5, 5.41) is 0. The Labute approximate surface area is 139 Å². The lowest BCUT2D eigenvalue weighted by molar-refractivity contribution is -0.131. The van der Waals surface area contributed by atoms with E-state index in [0.29, 0.717) is 12.3 Å². The fourth-order valence-corrected chi connectivity index (χ4v) is 4.19. The summed E-state index contributed by atoms with van der Waals surface area (Å²) in [5.74, 6) is 0.700. The first kappa shape index (κ1) is 16.5. The average molecular weight is 316 g/mol. The topological polar surface area (TPSA) is 32.8 Å². The van der Waals surface area contributed by atoms with Gasteiger partial charge < -0.3 is 9.64 Å². The van der Waals surface area contributed by atoms with E-state index in [2.05, 4.69) is 36.9 Å². The minimum absolute atomic E-state index is 0.0141. The van der Waals surface area contributed by atoms with Crippen molar-refractivity contribution in [1.29, 1.82) is 0 Å². The molecule has 1 aromatic rings. The highest BCUT2D eigenvalue weighted by atomic mass is 16.5. The zero-order valence-corrected chi connectivity index (χ0v) is 14.8. The van der Waals surface area contributed by atoms with Crippen molar-refractivity contribution >= 4 is 5.91 Å². The van der Waals surface area contributed by atoms with Crippen LogP contribution in [0, 0.1) is 25.2 Å². The predicted octanol–water partition coefficient (Wildman–Crippen LogP) is 2.23. The summed E-state index contributed by atoms with van der Waals surface area (Å²) >= 11 is 0. The standard InChI is InChI=1S/C19H28N2O2/c1-14-5-15(2)7-16(6-14)9-21-10-17-11-23-13-19(17,12-21)8-18(22)20(3)4/h5-7,17H,8-13H2,1-4H3/t17-,19+/m1/s1. The molecule has 2 heterocycles. The number of carbonyl (C=O) groups excluding carboxylic acids is 1. The third kappa shape index (κ3) is 3.43. The lowest BCUT2D eigenvalue weighted by Gasteiger charge is -2.28. The molecule has 1 amide bonds. The second kappa shape index (κ2) is 6.25. The van der Waals surface area contributed by atoms with Crippen molar-refractivity contribution in [2.75, 3.05) is 40.4 Å². The highest BCUT2D eigenvalue weighted by Gasteiger charge is 2.51. The number of amides is 1. The minimum Gasteiger partial charge on any atom is -0.380 e. The van der Waals surface area contributed by atoms with E-state index >= 15 is 0 Å². The number of likely N-dealkylation sites (tertiary alicyclic amines) is 1. The lowest BCUT2D eigenvalue weighted by Crippen LogP contribution is -2.37. The Bertz CT molecular complexity index is 579. The maximum absolute atomic E-state index is 12.2. The van der Waals surface area contributed by atoms with Gasteiger partial charge in [0.1, 0.15) is 0 Å². The van der Waals surface area contributed by atoms with Gasteiger partial charge in [0, 0.05) is 51.5 Å². The quantitative estimate of drug-likeness (QED) is 0.854. The summed E-state index contributed by atoms with van der Waals surface area (Å²) in [7, 11) is 3.68. The molecule has 4 heteroatoms. The van der Waals surface area contributed by atoms with Crippen LogP contribution in [0.2, 0.25) is 0 Å². The summed E-state index contributed by atoms with van der Waals surface area (Å²) < 4.78 is 5.73. The van der Waals surface area contributed by atoms with Crippen molar-refractivity contribution < 1.29 is 9.53 Å². The van der Waals surface area contributed by atoms with Crippen molar-refractivity contribution in [3.8, 4) is 0 Å². The maximum Gasteiger partial charge on any atom is 0.222 e. The van der Waals surface area contributed by atoms with Gasteiger partial charge in [-0.25, -0.2) is 0 Å². The van der Waals surface area contributed by atoms with Crippen LogP contribution in [0.15, 0.2) is 18.2 Å². The summed E-state index contributed by atoms with van der Waals surface area (Å²) in [6.07, 6.45) is 0.605. The Hall–Kier alpha value is -1.39. The van der Waals surface area contributed by atoms with Gasteiger partial charge >= 0.3 is 0 Å². The van der Waals surface area contributed by atoms with Gasteiger partial charge in [0.2, 0.25) is 5.91 Å². The summed E-state index contributed by atoms with van der Waals surface area (Å²) in [6, 6.07) is 6.76. The molecule has 4 nitrogen and oxygen atoms in total. The van der Waals surface area contributed by atoms with Crippen molar-refractivity contribution in [2.45, 2.75) is 26.8 Å². The summed E-state index contributed by atoms with van der Waals surface area (Å²) in [6.45, 7) is 8.79. The molecule has 1 aromatic carbocycles. The van der Waals surface area contributed by atoms with E-state index in [9.17, 15) is 4.79 Å². The molecule has 126 valence electrons. The molecule has 0 N–H and O–H groups in total. The number of nitrogens with zero attached hydrogens (tertiary/aromatic N) is 2. The summed E-state index contributed by atoms with van der Waals surface area (Å²) in [4.78, 5) is 16.5. The minimum atomic E-state index is 0.0141. The van der Waals surface area contributed by atoms with Crippen molar-refractivity contribution in [1.82, 2.24) is 9.80 Å². The van der Waals surface area contributed by atoms with Crippen LogP contribution in [0.5, 0.6) is 0 Å². The number of carbonyl (C=O) groups is 1. The molecule has 23 heavy (non-hydrogen) atoms. The second-order valence-corrected chi connectivity index (χ2v) is 7.70. The van der Waals surface area contributed by atoms with Gasteiger partial charge in [-0.2, -0.15) is 0 Å². The van der Waals surface area contributed by atoms with Gasteiger partial charge in [-0.1, -0.05) is 29.3 Å². The lowest BCUT2D eigenvalue weighted by atomic mass is 9.78. The smallest absolute Gasteiger partial charge is 0.222 e. The van der Waals surface area contributed by atoms with Gasteiger partial charge in [-0.15, -0.1) is 0 Å². The SMILES string of the molecule is Cc1cc(C)cc(CN2C[C@@H]3COC[C@]3(CC(=O)N(C)C)C2)c1. The first-order valence-electron chi connectivity index (χ1n) is 8.45. The molecule has 0 unspecified atom stereocenters. The molecular weight excluding hydrogens is 288 g/mol. The van der Waals surface area contributed by atoms with Crippen LogP contribution < -0.4 is 0 Å². The van der Waals surface area contributed by atoms with Gasteiger partial charge in [0.15, 0.2) is 0 Å². The molecule has 0 aliphatic carbocycles. The van der Waals surface area contributed by atoms with E-state index in [1.54, 1.807) is 4.90 Å². The predicted molar refractivity (Wildman–Crippen MR) is 91.2 cm³/mol. The van der Waals surface area contributed by atoms with Crippen molar-refractivity contribution in [3.63, 3.8) is 0 Å². The summed E-state index contributed by atoms with van der Waals surface area (Å²) in [5.41, 5.74) is 4.03. The molecule has 0 spiro atoms. The molecule has 2 aliphatic rings. The number of hydrogen-bond acceptors (Lipinski definition) is 3. The van der Waals surface area contributed by atoms with E-state index in [0.717, 1.165) is 32.8 Å². The van der Waals surface area contributed by atoms with Crippen LogP contribution in [0.1, 0.15) is 23.1 Å². The molecule has 3 rings (SSSR count). The highest BCUT2D eigenvalue weighted by molar-refractivity contribution is 5.76. The first-order valence-corrected chi connectivity index (χ1v) is 8.45. The molecule has 2 atom stereocenters. The zero-order chi connectivity index (χ0) is 16.6. The normalized spacial score (nSPS) is 27.2. The Morgan fingerprint density at radius 2 is 2.00 bits per heavy atom. The van der Waals surface area contributed by atoms with Crippen LogP contribution in [0.4, 0.5) is 0 Å².